The standard InChI is InChI=1S/C22H19Br2N3O2/c1-12-19(22(29)27-18-10-9-15(24)11-25-18)20(13-5-7-14(23)8-6-13)21-16(26-12)3-2-4-17(21)28/h5-11,19-20H,2-4H2,1H3,(H,25,27,29)/t19?,20-/m0/s1. The second-order valence-corrected chi connectivity index (χ2v) is 9.08. The molecule has 2 aromatic rings. The third-order valence-electron chi connectivity index (χ3n) is 5.32. The van der Waals surface area contributed by atoms with Crippen LogP contribution < -0.4 is 5.32 Å². The largest absolute Gasteiger partial charge is 0.310 e. The zero-order valence-corrected chi connectivity index (χ0v) is 19.0. The summed E-state index contributed by atoms with van der Waals surface area (Å²) in [6.07, 6.45) is 3.72. The van der Waals surface area contributed by atoms with E-state index in [1.807, 2.05) is 37.3 Å². The Balaban J connectivity index is 1.76. The monoisotopic (exact) mass is 515 g/mol. The van der Waals surface area contributed by atoms with E-state index in [-0.39, 0.29) is 17.6 Å². The van der Waals surface area contributed by atoms with E-state index in [0.717, 1.165) is 38.8 Å². The van der Waals surface area contributed by atoms with Gasteiger partial charge < -0.3 is 5.32 Å². The van der Waals surface area contributed by atoms with Crippen molar-refractivity contribution in [2.75, 3.05) is 5.32 Å². The minimum atomic E-state index is -0.567. The lowest BCUT2D eigenvalue weighted by Gasteiger charge is -2.35. The first kappa shape index (κ1) is 20.2. The highest BCUT2D eigenvalue weighted by Crippen LogP contribution is 2.43. The molecule has 1 unspecified atom stereocenters. The Morgan fingerprint density at radius 3 is 2.48 bits per heavy atom. The van der Waals surface area contributed by atoms with Crippen molar-refractivity contribution in [3.8, 4) is 0 Å². The summed E-state index contributed by atoms with van der Waals surface area (Å²) in [6.45, 7) is 1.87. The Morgan fingerprint density at radius 2 is 1.79 bits per heavy atom. The number of nitrogens with zero attached hydrogens (tertiary/aromatic N) is 2. The van der Waals surface area contributed by atoms with Crippen LogP contribution in [0.3, 0.4) is 0 Å². The van der Waals surface area contributed by atoms with Crippen molar-refractivity contribution < 1.29 is 9.59 Å². The summed E-state index contributed by atoms with van der Waals surface area (Å²) in [4.78, 5) is 35.1. The maximum Gasteiger partial charge on any atom is 0.235 e. The van der Waals surface area contributed by atoms with Crippen LogP contribution in [-0.4, -0.2) is 22.4 Å². The Kier molecular flexibility index (Phi) is 5.79. The highest BCUT2D eigenvalue weighted by atomic mass is 79.9. The Labute approximate surface area is 186 Å². The summed E-state index contributed by atoms with van der Waals surface area (Å²) in [5, 5.41) is 2.90. The molecule has 2 aliphatic rings. The second-order valence-electron chi connectivity index (χ2n) is 7.25. The first-order valence-corrected chi connectivity index (χ1v) is 11.0. The molecule has 1 aliphatic heterocycles. The molecule has 148 valence electrons. The van der Waals surface area contributed by atoms with Crippen molar-refractivity contribution in [1.29, 1.82) is 0 Å². The molecule has 2 atom stereocenters. The molecule has 0 bridgehead atoms. The van der Waals surface area contributed by atoms with E-state index in [1.165, 1.54) is 0 Å². The number of hydrogen-bond donors (Lipinski definition) is 1. The van der Waals surface area contributed by atoms with Gasteiger partial charge in [0.1, 0.15) is 5.82 Å². The average Bonchev–Trinajstić information content (AvgIpc) is 2.69. The van der Waals surface area contributed by atoms with E-state index in [9.17, 15) is 9.59 Å². The summed E-state index contributed by atoms with van der Waals surface area (Å²) in [5.74, 6) is -0.564. The van der Waals surface area contributed by atoms with Gasteiger partial charge in [-0.2, -0.15) is 0 Å². The van der Waals surface area contributed by atoms with Gasteiger partial charge in [0.05, 0.1) is 5.92 Å². The summed E-state index contributed by atoms with van der Waals surface area (Å²) in [7, 11) is 0. The normalized spacial score (nSPS) is 21.5. The number of allylic oxidation sites excluding steroid dienone is 2. The second kappa shape index (κ2) is 8.32. The number of rotatable bonds is 3. The molecule has 1 aromatic heterocycles. The molecule has 1 aromatic carbocycles. The highest BCUT2D eigenvalue weighted by Gasteiger charge is 2.42. The molecule has 1 amide bonds. The minimum absolute atomic E-state index is 0.0926. The predicted molar refractivity (Wildman–Crippen MR) is 120 cm³/mol. The fourth-order valence-electron chi connectivity index (χ4n) is 4.03. The molecule has 2 heterocycles. The van der Waals surface area contributed by atoms with E-state index in [1.54, 1.807) is 12.3 Å². The van der Waals surface area contributed by atoms with E-state index in [0.29, 0.717) is 17.8 Å². The quantitative estimate of drug-likeness (QED) is 0.591. The Hall–Kier alpha value is -2.12. The van der Waals surface area contributed by atoms with Crippen LogP contribution in [0, 0.1) is 5.92 Å². The number of pyridine rings is 1. The predicted octanol–water partition coefficient (Wildman–Crippen LogP) is 5.43. The van der Waals surface area contributed by atoms with Gasteiger partial charge in [-0.3, -0.25) is 14.6 Å². The molecule has 0 saturated carbocycles. The van der Waals surface area contributed by atoms with Gasteiger partial charge in [-0.25, -0.2) is 4.98 Å². The van der Waals surface area contributed by atoms with Gasteiger partial charge in [-0.1, -0.05) is 28.1 Å². The molecule has 0 radical (unpaired) electrons. The van der Waals surface area contributed by atoms with Crippen molar-refractivity contribution in [2.24, 2.45) is 10.9 Å². The van der Waals surface area contributed by atoms with Crippen LogP contribution in [0.2, 0.25) is 0 Å². The third-order valence-corrected chi connectivity index (χ3v) is 6.32. The van der Waals surface area contributed by atoms with Gasteiger partial charge in [0.25, 0.3) is 0 Å². The van der Waals surface area contributed by atoms with Crippen LogP contribution in [0.25, 0.3) is 0 Å². The number of benzene rings is 1. The SMILES string of the molecule is CC1=NC2=C(C(=O)CCC2)[C@@H](c2ccc(Br)cc2)C1C(=O)Nc1ccc(Br)cn1. The van der Waals surface area contributed by atoms with Crippen molar-refractivity contribution in [3.63, 3.8) is 0 Å². The average molecular weight is 517 g/mol. The minimum Gasteiger partial charge on any atom is -0.310 e. The third kappa shape index (κ3) is 4.12. The lowest BCUT2D eigenvalue weighted by Crippen LogP contribution is -2.39. The van der Waals surface area contributed by atoms with Crippen LogP contribution in [0.4, 0.5) is 5.82 Å². The number of anilines is 1. The first-order chi connectivity index (χ1) is 13.9. The van der Waals surface area contributed by atoms with Crippen molar-refractivity contribution in [2.45, 2.75) is 32.1 Å². The summed E-state index contributed by atoms with van der Waals surface area (Å²) in [6, 6.07) is 11.4. The number of carbonyl (C=O) groups is 2. The van der Waals surface area contributed by atoms with Crippen LogP contribution in [0.15, 0.2) is 67.8 Å². The highest BCUT2D eigenvalue weighted by molar-refractivity contribution is 9.10. The molecule has 29 heavy (non-hydrogen) atoms. The number of halogens is 2. The molecular weight excluding hydrogens is 498 g/mol. The number of Topliss-reactive ketones (excluding diaryl/α,β-unsaturated/α-hetero) is 1. The van der Waals surface area contributed by atoms with E-state index < -0.39 is 5.92 Å². The van der Waals surface area contributed by atoms with E-state index in [2.05, 4.69) is 47.2 Å². The van der Waals surface area contributed by atoms with Gasteiger partial charge in [-0.05, 0) is 65.5 Å². The number of aromatic nitrogens is 1. The van der Waals surface area contributed by atoms with Crippen LogP contribution in [0.5, 0.6) is 0 Å². The molecule has 1 aliphatic carbocycles. The van der Waals surface area contributed by atoms with E-state index in [4.69, 9.17) is 0 Å². The van der Waals surface area contributed by atoms with Crippen LogP contribution >= 0.6 is 31.9 Å². The topological polar surface area (TPSA) is 71.4 Å². The van der Waals surface area contributed by atoms with Crippen LogP contribution in [-0.2, 0) is 9.59 Å². The summed E-state index contributed by atoms with van der Waals surface area (Å²) >= 11 is 6.81. The van der Waals surface area contributed by atoms with Gasteiger partial charge in [-0.15, -0.1) is 0 Å². The molecule has 0 fully saturated rings. The number of amides is 1. The molecule has 0 spiro atoms. The maximum absolute atomic E-state index is 13.3. The van der Waals surface area contributed by atoms with Crippen molar-refractivity contribution in [3.05, 3.63) is 68.4 Å². The zero-order valence-electron chi connectivity index (χ0n) is 15.8. The molecule has 4 rings (SSSR count). The lowest BCUT2D eigenvalue weighted by molar-refractivity contribution is -0.119. The fraction of sp³-hybridized carbons (Fsp3) is 0.273. The maximum atomic E-state index is 13.3. The zero-order chi connectivity index (χ0) is 20.5. The smallest absolute Gasteiger partial charge is 0.235 e. The van der Waals surface area contributed by atoms with Gasteiger partial charge in [0.2, 0.25) is 5.91 Å². The summed E-state index contributed by atoms with van der Waals surface area (Å²) < 4.78 is 1.79. The van der Waals surface area contributed by atoms with Crippen molar-refractivity contribution in [1.82, 2.24) is 4.98 Å². The Bertz CT molecular complexity index is 1030. The van der Waals surface area contributed by atoms with Gasteiger partial charge in [0, 0.05) is 44.5 Å². The number of ketones is 1. The van der Waals surface area contributed by atoms with Crippen LogP contribution in [0.1, 0.15) is 37.7 Å². The number of carbonyl (C=O) groups excluding carboxylic acids is 2. The molecule has 0 saturated heterocycles. The number of hydrogen-bond acceptors (Lipinski definition) is 4. The summed E-state index contributed by atoms with van der Waals surface area (Å²) in [5.41, 5.74) is 3.18. The molecule has 7 heteroatoms. The number of aliphatic imine (C=N–C) groups is 1. The Morgan fingerprint density at radius 1 is 1.07 bits per heavy atom. The molecular formula is C22H19Br2N3O2. The first-order valence-electron chi connectivity index (χ1n) is 9.43. The molecule has 5 nitrogen and oxygen atoms in total. The van der Waals surface area contributed by atoms with E-state index >= 15 is 0 Å². The van der Waals surface area contributed by atoms with Gasteiger partial charge in [0.15, 0.2) is 5.78 Å². The number of nitrogens with one attached hydrogen (secondary N) is 1. The molecule has 1 N–H and O–H groups in total. The van der Waals surface area contributed by atoms with Crippen molar-refractivity contribution >= 4 is 55.1 Å². The lowest BCUT2D eigenvalue weighted by atomic mass is 9.71. The van der Waals surface area contributed by atoms with Gasteiger partial charge >= 0.3 is 0 Å². The fourth-order valence-corrected chi connectivity index (χ4v) is 4.53.